The predicted molar refractivity (Wildman–Crippen MR) is 431 cm³/mol. The van der Waals surface area contributed by atoms with E-state index in [4.69, 9.17) is 24.9 Å². The number of rotatable bonds is 12. The van der Waals surface area contributed by atoms with Gasteiger partial charge in [0, 0.05) is 66.3 Å². The number of aromatic nitrogens is 7. The minimum absolute atomic E-state index is 0.504. The highest BCUT2D eigenvalue weighted by molar-refractivity contribution is 6.11. The summed E-state index contributed by atoms with van der Waals surface area (Å²) in [6.07, 6.45) is 0. The van der Waals surface area contributed by atoms with Crippen molar-refractivity contribution in [1.82, 2.24) is 34.1 Å². The Morgan fingerprint density at radius 2 is 0.514 bits per heavy atom. The third kappa shape index (κ3) is 11.1. The lowest BCUT2D eigenvalue weighted by molar-refractivity contribution is 0.768. The van der Waals surface area contributed by atoms with E-state index >= 15 is 0 Å². The zero-order valence-electron chi connectivity index (χ0n) is 57.2. The fraction of sp³-hybridized carbons (Fsp3) is 0.0102. The maximum Gasteiger partial charge on any atom is 0.164 e. The second-order valence-electron chi connectivity index (χ2n) is 26.6. The molecule has 1 aliphatic rings. The van der Waals surface area contributed by atoms with E-state index in [2.05, 4.69) is 355 Å². The van der Waals surface area contributed by atoms with Crippen molar-refractivity contribution in [3.05, 3.63) is 417 Å². The van der Waals surface area contributed by atoms with Gasteiger partial charge in [0.2, 0.25) is 0 Å². The Morgan fingerprint density at radius 1 is 0.200 bits per heavy atom. The molecule has 492 valence electrons. The first-order valence-electron chi connectivity index (χ1n) is 35.6. The third-order valence-corrected chi connectivity index (χ3v) is 20.6. The molecule has 0 saturated carbocycles. The summed E-state index contributed by atoms with van der Waals surface area (Å²) >= 11 is 0. The first kappa shape index (κ1) is 62.0. The molecule has 15 aromatic carbocycles. The summed E-state index contributed by atoms with van der Waals surface area (Å²) < 4.78 is 4.79. The molecule has 0 spiro atoms. The highest BCUT2D eigenvalue weighted by atomic mass is 15.0. The fourth-order valence-corrected chi connectivity index (χ4v) is 15.8. The Balaban J connectivity index is 0.000000145. The first-order chi connectivity index (χ1) is 52.1. The molecule has 1 aliphatic carbocycles. The second kappa shape index (κ2) is 26.5. The van der Waals surface area contributed by atoms with Gasteiger partial charge in [0.25, 0.3) is 0 Å². The summed E-state index contributed by atoms with van der Waals surface area (Å²) in [5.74, 6) is 2.63. The van der Waals surface area contributed by atoms with Crippen molar-refractivity contribution in [2.45, 2.75) is 5.41 Å². The van der Waals surface area contributed by atoms with Crippen LogP contribution in [0.25, 0.3) is 156 Å². The number of hydrogen-bond acceptors (Lipinski definition) is 5. The van der Waals surface area contributed by atoms with E-state index in [-0.39, 0.29) is 0 Å². The monoisotopic (exact) mass is 1340 g/mol. The van der Waals surface area contributed by atoms with Gasteiger partial charge in [-0.3, -0.25) is 0 Å². The maximum absolute atomic E-state index is 5.33. The zero-order chi connectivity index (χ0) is 69.6. The topological polar surface area (TPSA) is 74.3 Å². The molecule has 4 heterocycles. The highest BCUT2D eigenvalue weighted by Crippen LogP contribution is 2.58. The molecule has 0 fully saturated rings. The van der Waals surface area contributed by atoms with E-state index in [1.807, 2.05) is 48.5 Å². The molecule has 0 saturated heterocycles. The van der Waals surface area contributed by atoms with E-state index < -0.39 is 5.41 Å². The second-order valence-corrected chi connectivity index (χ2v) is 26.6. The fourth-order valence-electron chi connectivity index (χ4n) is 15.8. The summed E-state index contributed by atoms with van der Waals surface area (Å²) in [7, 11) is 0. The molecular weight excluding hydrogens is 1280 g/mol. The Kier molecular flexibility index (Phi) is 15.7. The molecule has 0 atom stereocenters. The van der Waals surface area contributed by atoms with Crippen LogP contribution in [0.5, 0.6) is 0 Å². The Bertz CT molecular complexity index is 6140. The van der Waals surface area contributed by atoms with Crippen LogP contribution in [0.1, 0.15) is 22.3 Å². The molecular formula is C98H65N7. The van der Waals surface area contributed by atoms with Crippen LogP contribution in [0.4, 0.5) is 0 Å². The number of benzene rings is 15. The molecule has 0 bridgehead atoms. The summed E-state index contributed by atoms with van der Waals surface area (Å²) in [4.78, 5) is 26.0. The van der Waals surface area contributed by atoms with Crippen LogP contribution in [0.2, 0.25) is 0 Å². The van der Waals surface area contributed by atoms with E-state index in [1.54, 1.807) is 0 Å². The lowest BCUT2D eigenvalue weighted by Crippen LogP contribution is -2.28. The minimum Gasteiger partial charge on any atom is -0.309 e. The molecule has 4 aromatic heterocycles. The number of hydrogen-bond donors (Lipinski definition) is 0. The molecule has 20 rings (SSSR count). The van der Waals surface area contributed by atoms with E-state index in [1.165, 1.54) is 66.1 Å². The van der Waals surface area contributed by atoms with Crippen LogP contribution >= 0.6 is 0 Å². The zero-order valence-corrected chi connectivity index (χ0v) is 57.2. The molecule has 0 N–H and O–H groups in total. The predicted octanol–water partition coefficient (Wildman–Crippen LogP) is 24.2. The average molecular weight is 1340 g/mol. The lowest BCUT2D eigenvalue weighted by Gasteiger charge is -2.33. The van der Waals surface area contributed by atoms with E-state index in [9.17, 15) is 0 Å². The molecule has 0 unspecified atom stereocenters. The summed E-state index contributed by atoms with van der Waals surface area (Å²) in [6, 6.07) is 139. The van der Waals surface area contributed by atoms with Gasteiger partial charge in [0.15, 0.2) is 23.3 Å². The van der Waals surface area contributed by atoms with Crippen LogP contribution in [0.15, 0.2) is 394 Å². The molecule has 0 radical (unpaired) electrons. The van der Waals surface area contributed by atoms with Gasteiger partial charge in [-0.05, 0) is 104 Å². The minimum atomic E-state index is -0.504. The van der Waals surface area contributed by atoms with Gasteiger partial charge >= 0.3 is 0 Å². The normalized spacial score (nSPS) is 12.1. The van der Waals surface area contributed by atoms with Crippen molar-refractivity contribution in [3.63, 3.8) is 0 Å². The Labute approximate surface area is 608 Å². The van der Waals surface area contributed by atoms with Crippen molar-refractivity contribution < 1.29 is 0 Å². The summed E-state index contributed by atoms with van der Waals surface area (Å²) in [5.41, 5.74) is 25.8. The standard InChI is InChI=1S/C52H34N4.C46H31N3/c1-3-15-35(16-4-1)36-27-29-37(30-28-36)46-34-47(54-52(53-46)38-17-5-2-6-18-38)39-31-40(55-48-23-11-7-19-42(48)43-20-8-12-24-49(43)55)33-41(32-39)56-50-25-13-9-21-44(50)45-22-10-14-26-51(45)56;1-5-16-32(17-6-1)33-28-30-35(31-29-33)44-47-43(34-18-7-2-8-19-34)48-45(49-44)39-25-15-27-41-42(39)38-24-13-14-26-40(38)46(41,36-20-9-3-10-21-36)37-22-11-4-12-23-37/h1-34H;1-31H. The third-order valence-electron chi connectivity index (χ3n) is 20.6. The number of fused-ring (bicyclic) bond motifs is 9. The quantitative estimate of drug-likeness (QED) is 0.122. The van der Waals surface area contributed by atoms with Gasteiger partial charge in [0.1, 0.15) is 0 Å². The van der Waals surface area contributed by atoms with Crippen LogP contribution in [-0.4, -0.2) is 34.1 Å². The average Bonchev–Trinajstić information content (AvgIpc) is 1.54. The SMILES string of the molecule is c1ccc(-c2ccc(-c3cc(-c4cc(-n5c6ccccc6c6ccccc65)cc(-n5c6ccccc6c6ccccc65)c4)nc(-c4ccccc4)n3)cc2)cc1.c1ccc(-c2ccc(-c3nc(-c4ccccc4)nc(-c4cccc5c4-c4ccccc4C5(c4ccccc4)c4ccccc4)n3)cc2)cc1. The maximum atomic E-state index is 5.33. The molecule has 105 heavy (non-hydrogen) atoms. The van der Waals surface area contributed by atoms with Crippen molar-refractivity contribution in [2.75, 3.05) is 0 Å². The van der Waals surface area contributed by atoms with E-state index in [0.29, 0.717) is 23.3 Å². The number of para-hydroxylation sites is 4. The summed E-state index contributed by atoms with van der Waals surface area (Å²) in [5, 5.41) is 4.89. The van der Waals surface area contributed by atoms with E-state index in [0.717, 1.165) is 89.3 Å². The molecule has 0 aliphatic heterocycles. The van der Waals surface area contributed by atoms with Crippen molar-refractivity contribution in [1.29, 1.82) is 0 Å². The van der Waals surface area contributed by atoms with Gasteiger partial charge in [-0.15, -0.1) is 0 Å². The van der Waals surface area contributed by atoms with Crippen LogP contribution in [0, 0.1) is 0 Å². The Morgan fingerprint density at radius 3 is 0.971 bits per heavy atom. The van der Waals surface area contributed by atoms with Crippen LogP contribution in [0.3, 0.4) is 0 Å². The van der Waals surface area contributed by atoms with Crippen molar-refractivity contribution in [2.24, 2.45) is 0 Å². The van der Waals surface area contributed by atoms with Gasteiger partial charge < -0.3 is 9.13 Å². The first-order valence-corrected chi connectivity index (χ1v) is 35.6. The summed E-state index contributed by atoms with van der Waals surface area (Å²) in [6.45, 7) is 0. The molecule has 19 aromatic rings. The van der Waals surface area contributed by atoms with Crippen molar-refractivity contribution >= 4 is 43.6 Å². The largest absolute Gasteiger partial charge is 0.309 e. The molecule has 7 heteroatoms. The lowest BCUT2D eigenvalue weighted by atomic mass is 9.67. The molecule has 7 nitrogen and oxygen atoms in total. The van der Waals surface area contributed by atoms with Gasteiger partial charge in [-0.25, -0.2) is 24.9 Å². The highest BCUT2D eigenvalue weighted by Gasteiger charge is 2.47. The number of nitrogens with zero attached hydrogens (tertiary/aromatic N) is 7. The smallest absolute Gasteiger partial charge is 0.164 e. The van der Waals surface area contributed by atoms with Gasteiger partial charge in [-0.1, -0.05) is 346 Å². The Hall–Kier alpha value is -14.0. The van der Waals surface area contributed by atoms with Crippen molar-refractivity contribution in [3.8, 4) is 113 Å². The van der Waals surface area contributed by atoms with Gasteiger partial charge in [0.05, 0.1) is 38.9 Å². The van der Waals surface area contributed by atoms with Crippen LogP contribution < -0.4 is 0 Å². The van der Waals surface area contributed by atoms with Crippen LogP contribution in [-0.2, 0) is 5.41 Å². The molecule has 0 amide bonds. The van der Waals surface area contributed by atoms with Gasteiger partial charge in [-0.2, -0.15) is 0 Å².